The summed E-state index contributed by atoms with van der Waals surface area (Å²) in [5.74, 6) is 2.49. The zero-order chi connectivity index (χ0) is 19.2. The Bertz CT molecular complexity index is 656. The van der Waals surface area contributed by atoms with Crippen LogP contribution >= 0.6 is 0 Å². The standard InChI is InChI=1S/C18H31N7O/c1-6-11-19-17(20-12-15-23-22-14(2)25(15)5)21-13-18(9-7-8-10-18)16(26)24(3)4/h6H,1,7-13H2,2-5H3,(H2,19,20,21). The molecule has 1 aliphatic carbocycles. The van der Waals surface area contributed by atoms with Crippen LogP contribution < -0.4 is 10.6 Å². The van der Waals surface area contributed by atoms with Crippen LogP contribution in [0.4, 0.5) is 0 Å². The lowest BCUT2D eigenvalue weighted by molar-refractivity contribution is -0.138. The fourth-order valence-corrected chi connectivity index (χ4v) is 3.33. The Hall–Kier alpha value is -2.38. The summed E-state index contributed by atoms with van der Waals surface area (Å²) in [6, 6.07) is 0. The number of aromatic nitrogens is 3. The van der Waals surface area contributed by atoms with Gasteiger partial charge in [-0.15, -0.1) is 16.8 Å². The highest BCUT2D eigenvalue weighted by molar-refractivity contribution is 5.85. The number of nitrogens with one attached hydrogen (secondary N) is 2. The fraction of sp³-hybridized carbons (Fsp3) is 0.667. The molecule has 1 aromatic rings. The third-order valence-electron chi connectivity index (χ3n) is 4.99. The van der Waals surface area contributed by atoms with Crippen molar-refractivity contribution in [2.24, 2.45) is 17.5 Å². The third-order valence-corrected chi connectivity index (χ3v) is 4.99. The number of carbonyl (C=O) groups is 1. The van der Waals surface area contributed by atoms with Crippen molar-refractivity contribution in [3.8, 4) is 0 Å². The van der Waals surface area contributed by atoms with Gasteiger partial charge in [-0.3, -0.25) is 4.79 Å². The molecule has 8 heteroatoms. The maximum Gasteiger partial charge on any atom is 0.230 e. The SMILES string of the molecule is C=CCNC(=NCc1nnc(C)n1C)NCC1(C(=O)N(C)C)CCCC1. The van der Waals surface area contributed by atoms with Crippen molar-refractivity contribution < 1.29 is 4.79 Å². The number of nitrogens with zero attached hydrogens (tertiary/aromatic N) is 5. The van der Waals surface area contributed by atoms with Crippen molar-refractivity contribution >= 4 is 11.9 Å². The van der Waals surface area contributed by atoms with Gasteiger partial charge in [-0.1, -0.05) is 18.9 Å². The normalized spacial score (nSPS) is 16.4. The van der Waals surface area contributed by atoms with Gasteiger partial charge < -0.3 is 20.1 Å². The summed E-state index contributed by atoms with van der Waals surface area (Å²) < 4.78 is 1.92. The van der Waals surface area contributed by atoms with Crippen LogP contribution in [0.15, 0.2) is 17.6 Å². The monoisotopic (exact) mass is 361 g/mol. The average molecular weight is 361 g/mol. The number of guanidine groups is 1. The molecule has 2 N–H and O–H groups in total. The fourth-order valence-electron chi connectivity index (χ4n) is 3.33. The second-order valence-electron chi connectivity index (χ2n) is 7.10. The minimum Gasteiger partial charge on any atom is -0.355 e. The molecule has 0 atom stereocenters. The summed E-state index contributed by atoms with van der Waals surface area (Å²) >= 11 is 0. The molecule has 1 aromatic heterocycles. The Kier molecular flexibility index (Phi) is 6.76. The van der Waals surface area contributed by atoms with Crippen LogP contribution in [0.1, 0.15) is 37.3 Å². The van der Waals surface area contributed by atoms with E-state index >= 15 is 0 Å². The first kappa shape index (κ1) is 19.9. The second kappa shape index (κ2) is 8.82. The smallest absolute Gasteiger partial charge is 0.230 e. The maximum absolute atomic E-state index is 12.7. The van der Waals surface area contributed by atoms with Gasteiger partial charge in [0.1, 0.15) is 12.4 Å². The first-order valence-electron chi connectivity index (χ1n) is 9.09. The number of hydrogen-bond donors (Lipinski definition) is 2. The van der Waals surface area contributed by atoms with Crippen LogP contribution in [-0.4, -0.2) is 58.7 Å². The van der Waals surface area contributed by atoms with Gasteiger partial charge >= 0.3 is 0 Å². The number of carbonyl (C=O) groups excluding carboxylic acids is 1. The number of hydrogen-bond acceptors (Lipinski definition) is 4. The number of amides is 1. The molecule has 0 saturated heterocycles. The molecule has 0 bridgehead atoms. The van der Waals surface area contributed by atoms with E-state index in [0.29, 0.717) is 25.6 Å². The van der Waals surface area contributed by atoms with E-state index in [4.69, 9.17) is 0 Å². The van der Waals surface area contributed by atoms with E-state index in [9.17, 15) is 4.79 Å². The predicted octanol–water partition coefficient (Wildman–Crippen LogP) is 0.993. The van der Waals surface area contributed by atoms with Gasteiger partial charge in [0.05, 0.1) is 5.41 Å². The quantitative estimate of drug-likeness (QED) is 0.430. The van der Waals surface area contributed by atoms with Crippen molar-refractivity contribution in [3.05, 3.63) is 24.3 Å². The lowest BCUT2D eigenvalue weighted by Gasteiger charge is -2.31. The molecule has 0 unspecified atom stereocenters. The molecule has 0 radical (unpaired) electrons. The first-order valence-corrected chi connectivity index (χ1v) is 9.09. The summed E-state index contributed by atoms with van der Waals surface area (Å²) in [7, 11) is 5.57. The summed E-state index contributed by atoms with van der Waals surface area (Å²) in [6.45, 7) is 7.23. The molecule has 0 aromatic carbocycles. The zero-order valence-corrected chi connectivity index (χ0v) is 16.4. The predicted molar refractivity (Wildman–Crippen MR) is 103 cm³/mol. The Balaban J connectivity index is 2.08. The molecule has 1 heterocycles. The summed E-state index contributed by atoms with van der Waals surface area (Å²) in [5, 5.41) is 14.8. The van der Waals surface area contributed by atoms with Crippen molar-refractivity contribution in [1.29, 1.82) is 0 Å². The molecule has 1 amide bonds. The van der Waals surface area contributed by atoms with E-state index in [1.54, 1.807) is 11.0 Å². The highest BCUT2D eigenvalue weighted by Gasteiger charge is 2.42. The number of aryl methyl sites for hydroxylation is 1. The Labute approximate surface area is 155 Å². The Morgan fingerprint density at radius 3 is 2.58 bits per heavy atom. The van der Waals surface area contributed by atoms with Gasteiger partial charge in [0, 0.05) is 34.2 Å². The highest BCUT2D eigenvalue weighted by Crippen LogP contribution is 2.38. The minimum atomic E-state index is -0.346. The molecule has 2 rings (SSSR count). The molecule has 0 aliphatic heterocycles. The van der Waals surface area contributed by atoms with E-state index in [-0.39, 0.29) is 11.3 Å². The van der Waals surface area contributed by atoms with Gasteiger partial charge in [0.2, 0.25) is 5.91 Å². The van der Waals surface area contributed by atoms with Gasteiger partial charge in [-0.05, 0) is 19.8 Å². The summed E-state index contributed by atoms with van der Waals surface area (Å²) in [4.78, 5) is 19.0. The van der Waals surface area contributed by atoms with Crippen LogP contribution in [-0.2, 0) is 18.4 Å². The third kappa shape index (κ3) is 4.62. The van der Waals surface area contributed by atoms with Crippen LogP contribution in [0.2, 0.25) is 0 Å². The van der Waals surface area contributed by atoms with E-state index < -0.39 is 0 Å². The number of aliphatic imine (C=N–C) groups is 1. The van der Waals surface area contributed by atoms with Gasteiger partial charge in [-0.2, -0.15) is 0 Å². The van der Waals surface area contributed by atoms with Crippen LogP contribution in [0.3, 0.4) is 0 Å². The van der Waals surface area contributed by atoms with Crippen molar-refractivity contribution in [1.82, 2.24) is 30.3 Å². The topological polar surface area (TPSA) is 87.4 Å². The van der Waals surface area contributed by atoms with Crippen LogP contribution in [0.25, 0.3) is 0 Å². The molecule has 144 valence electrons. The maximum atomic E-state index is 12.7. The Morgan fingerprint density at radius 2 is 2.04 bits per heavy atom. The van der Waals surface area contributed by atoms with Crippen molar-refractivity contribution in [2.75, 3.05) is 27.2 Å². The van der Waals surface area contributed by atoms with Gasteiger partial charge in [0.15, 0.2) is 11.8 Å². The average Bonchev–Trinajstić information content (AvgIpc) is 3.22. The first-order chi connectivity index (χ1) is 12.4. The highest BCUT2D eigenvalue weighted by atomic mass is 16.2. The van der Waals surface area contributed by atoms with E-state index in [1.165, 1.54) is 0 Å². The zero-order valence-electron chi connectivity index (χ0n) is 16.4. The second-order valence-corrected chi connectivity index (χ2v) is 7.10. The van der Waals surface area contributed by atoms with Crippen LogP contribution in [0, 0.1) is 12.3 Å². The summed E-state index contributed by atoms with van der Waals surface area (Å²) in [6.07, 6.45) is 5.78. The molecular formula is C18H31N7O. The summed E-state index contributed by atoms with van der Waals surface area (Å²) in [5.41, 5.74) is -0.346. The van der Waals surface area contributed by atoms with E-state index in [0.717, 1.165) is 37.3 Å². The number of rotatable bonds is 7. The van der Waals surface area contributed by atoms with Crippen LogP contribution in [0.5, 0.6) is 0 Å². The molecule has 1 saturated carbocycles. The van der Waals surface area contributed by atoms with Crippen molar-refractivity contribution in [2.45, 2.75) is 39.2 Å². The molecule has 0 spiro atoms. The van der Waals surface area contributed by atoms with Gasteiger partial charge in [0.25, 0.3) is 0 Å². The molecule has 1 fully saturated rings. The minimum absolute atomic E-state index is 0.189. The van der Waals surface area contributed by atoms with E-state index in [1.807, 2.05) is 32.6 Å². The Morgan fingerprint density at radius 1 is 1.35 bits per heavy atom. The van der Waals surface area contributed by atoms with Gasteiger partial charge in [-0.25, -0.2) is 4.99 Å². The largest absolute Gasteiger partial charge is 0.355 e. The molecule has 8 nitrogen and oxygen atoms in total. The van der Waals surface area contributed by atoms with E-state index in [2.05, 4.69) is 32.4 Å². The lowest BCUT2D eigenvalue weighted by atomic mass is 9.84. The lowest BCUT2D eigenvalue weighted by Crippen LogP contribution is -2.49. The van der Waals surface area contributed by atoms with Crippen molar-refractivity contribution in [3.63, 3.8) is 0 Å². The molecular weight excluding hydrogens is 330 g/mol. The molecule has 26 heavy (non-hydrogen) atoms. The molecule has 1 aliphatic rings.